The molecule has 0 saturated carbocycles. The van der Waals surface area contributed by atoms with E-state index in [1.165, 1.54) is 51.4 Å². The summed E-state index contributed by atoms with van der Waals surface area (Å²) in [5, 5.41) is -5.20. The average molecular weight is 581 g/mol. The third-order valence-corrected chi connectivity index (χ3v) is 16.8. The van der Waals surface area contributed by atoms with E-state index in [1.807, 2.05) is 20.8 Å². The standard InChI is InChI=1S/C28H57F4O3PS/c1-5-9-13-14-15-16-17-18-19-20-21-22-26-36(23-10-6-2,24-11-7-3,25-12-8-4)35-37(33,34)28(31,32)27(29)30/h27H,5-26H2,1-4H3. The molecule has 0 rings (SSSR count). The Bertz CT molecular complexity index is 650. The van der Waals surface area contributed by atoms with E-state index >= 15 is 0 Å². The van der Waals surface area contributed by atoms with Crippen molar-refractivity contribution in [3.8, 4) is 0 Å². The van der Waals surface area contributed by atoms with Gasteiger partial charge in [0.1, 0.15) is 0 Å². The summed E-state index contributed by atoms with van der Waals surface area (Å²) in [6.45, 7) is 4.42. The number of halogens is 4. The van der Waals surface area contributed by atoms with Crippen LogP contribution in [-0.4, -0.2) is 44.7 Å². The van der Waals surface area contributed by atoms with Gasteiger partial charge in [-0.3, -0.25) is 0 Å². The van der Waals surface area contributed by atoms with Crippen molar-refractivity contribution < 1.29 is 29.9 Å². The molecule has 0 aliphatic heterocycles. The second kappa shape index (κ2) is 19.2. The molecule has 0 saturated heterocycles. The fraction of sp³-hybridized carbons (Fsp3) is 1.00. The van der Waals surface area contributed by atoms with E-state index in [0.717, 1.165) is 38.5 Å². The number of alkyl halides is 4. The number of hydrogen-bond acceptors (Lipinski definition) is 3. The summed E-state index contributed by atoms with van der Waals surface area (Å²) in [7, 11) is -5.76. The van der Waals surface area contributed by atoms with Gasteiger partial charge < -0.3 is 0 Å². The van der Waals surface area contributed by atoms with Crippen LogP contribution in [0.15, 0.2) is 0 Å². The van der Waals surface area contributed by atoms with E-state index in [1.54, 1.807) is 0 Å². The van der Waals surface area contributed by atoms with E-state index in [2.05, 4.69) is 6.92 Å². The zero-order valence-electron chi connectivity index (χ0n) is 24.2. The van der Waals surface area contributed by atoms with E-state index in [4.69, 9.17) is 3.97 Å². The van der Waals surface area contributed by atoms with Crippen LogP contribution >= 0.6 is 6.83 Å². The zero-order valence-corrected chi connectivity index (χ0v) is 25.9. The molecule has 3 nitrogen and oxygen atoms in total. The number of rotatable bonds is 26. The normalized spacial score (nSPS) is 14.2. The topological polar surface area (TPSA) is 43.4 Å². The maximum atomic E-state index is 14.2. The monoisotopic (exact) mass is 580 g/mol. The van der Waals surface area contributed by atoms with E-state index in [9.17, 15) is 26.0 Å². The third kappa shape index (κ3) is 13.3. The summed E-state index contributed by atoms with van der Waals surface area (Å²) in [6, 6.07) is 0. The van der Waals surface area contributed by atoms with Crippen LogP contribution in [0.5, 0.6) is 0 Å². The molecular formula is C28H57F4O3PS. The predicted molar refractivity (Wildman–Crippen MR) is 153 cm³/mol. The molecule has 0 bridgehead atoms. The third-order valence-electron chi connectivity index (χ3n) is 7.71. The summed E-state index contributed by atoms with van der Waals surface area (Å²) in [5.41, 5.74) is 0. The van der Waals surface area contributed by atoms with Crippen LogP contribution in [0, 0.1) is 0 Å². The molecule has 9 heteroatoms. The first kappa shape index (κ1) is 37.1. The van der Waals surface area contributed by atoms with Crippen molar-refractivity contribution in [1.82, 2.24) is 0 Å². The minimum absolute atomic E-state index is 0.415. The van der Waals surface area contributed by atoms with Crippen LogP contribution in [0.2, 0.25) is 0 Å². The van der Waals surface area contributed by atoms with Crippen molar-refractivity contribution in [3.05, 3.63) is 0 Å². The first-order chi connectivity index (χ1) is 17.5. The fourth-order valence-electron chi connectivity index (χ4n) is 5.28. The second-order valence-electron chi connectivity index (χ2n) is 11.1. The van der Waals surface area contributed by atoms with Crippen LogP contribution in [0.25, 0.3) is 0 Å². The van der Waals surface area contributed by atoms with Gasteiger partial charge in [-0.2, -0.15) is 0 Å². The molecule has 226 valence electrons. The SMILES string of the molecule is CCCCCCCCCCCCCCP(CCCC)(CCCC)(CCCC)OS(=O)(=O)C(F)(F)C(F)F. The van der Waals surface area contributed by atoms with Gasteiger partial charge in [-0.25, -0.2) is 0 Å². The Kier molecular flexibility index (Phi) is 19.2. The predicted octanol–water partition coefficient (Wildman–Crippen LogP) is 10.8. The Hall–Kier alpha value is 0.0600. The molecule has 0 unspecified atom stereocenters. The molecule has 0 radical (unpaired) electrons. The molecule has 0 amide bonds. The van der Waals surface area contributed by atoms with Gasteiger partial charge in [-0.05, 0) is 0 Å². The van der Waals surface area contributed by atoms with E-state index < -0.39 is 28.6 Å². The summed E-state index contributed by atoms with van der Waals surface area (Å²) in [4.78, 5) is 0. The van der Waals surface area contributed by atoms with Crippen LogP contribution in [0.4, 0.5) is 17.6 Å². The quantitative estimate of drug-likeness (QED) is 0.0581. The Labute approximate surface area is 226 Å². The Balaban J connectivity index is 5.45. The Morgan fingerprint density at radius 3 is 1.19 bits per heavy atom. The zero-order chi connectivity index (χ0) is 28.3. The van der Waals surface area contributed by atoms with Gasteiger partial charge in [-0.1, -0.05) is 13.3 Å². The fourth-order valence-corrected chi connectivity index (χ4v) is 15.0. The molecule has 0 aliphatic rings. The molecule has 0 N–H and O–H groups in total. The molecule has 0 atom stereocenters. The van der Waals surface area contributed by atoms with Gasteiger partial charge in [0.15, 0.2) is 0 Å². The van der Waals surface area contributed by atoms with Crippen LogP contribution < -0.4 is 0 Å². The first-order valence-corrected chi connectivity index (χ1v) is 19.4. The molecule has 0 spiro atoms. The van der Waals surface area contributed by atoms with Crippen molar-refractivity contribution in [3.63, 3.8) is 0 Å². The first-order valence-electron chi connectivity index (χ1n) is 15.1. The summed E-state index contributed by atoms with van der Waals surface area (Å²) in [6.07, 6.45) is 15.4. The van der Waals surface area contributed by atoms with Crippen LogP contribution in [-0.2, 0) is 14.1 Å². The van der Waals surface area contributed by atoms with Crippen LogP contribution in [0.1, 0.15) is 143 Å². The van der Waals surface area contributed by atoms with Crippen molar-refractivity contribution in [2.75, 3.05) is 24.6 Å². The van der Waals surface area contributed by atoms with Gasteiger partial charge in [0.25, 0.3) is 0 Å². The molecule has 0 aromatic rings. The van der Waals surface area contributed by atoms with Gasteiger partial charge in [0, 0.05) is 0 Å². The van der Waals surface area contributed by atoms with E-state index in [0.29, 0.717) is 50.3 Å². The Morgan fingerprint density at radius 2 is 0.865 bits per heavy atom. The van der Waals surface area contributed by atoms with Gasteiger partial charge in [0.2, 0.25) is 0 Å². The number of unbranched alkanes of at least 4 members (excludes halogenated alkanes) is 14. The minimum atomic E-state index is -5.76. The van der Waals surface area contributed by atoms with Gasteiger partial charge >= 0.3 is 213 Å². The Morgan fingerprint density at radius 1 is 0.568 bits per heavy atom. The average Bonchev–Trinajstić information content (AvgIpc) is 2.85. The molecule has 0 heterocycles. The molecule has 0 aliphatic carbocycles. The number of hydrogen-bond donors (Lipinski definition) is 0. The van der Waals surface area contributed by atoms with Crippen molar-refractivity contribution in [2.24, 2.45) is 0 Å². The van der Waals surface area contributed by atoms with Crippen molar-refractivity contribution >= 4 is 16.9 Å². The summed E-state index contributed by atoms with van der Waals surface area (Å²) >= 11 is 0. The summed E-state index contributed by atoms with van der Waals surface area (Å²) in [5.74, 6) is 0. The summed E-state index contributed by atoms with van der Waals surface area (Å²) < 4.78 is 85.7. The van der Waals surface area contributed by atoms with Crippen molar-refractivity contribution in [2.45, 2.75) is 155 Å². The molecule has 0 aromatic heterocycles. The second-order valence-corrected chi connectivity index (χ2v) is 18.6. The molecular weight excluding hydrogens is 523 g/mol. The van der Waals surface area contributed by atoms with E-state index in [-0.39, 0.29) is 0 Å². The van der Waals surface area contributed by atoms with Gasteiger partial charge in [0.05, 0.1) is 0 Å². The molecule has 0 fully saturated rings. The molecule has 0 aromatic carbocycles. The van der Waals surface area contributed by atoms with Crippen molar-refractivity contribution in [1.29, 1.82) is 0 Å². The maximum absolute atomic E-state index is 14.2. The molecule has 37 heavy (non-hydrogen) atoms. The van der Waals surface area contributed by atoms with Gasteiger partial charge in [-0.15, -0.1) is 0 Å². The van der Waals surface area contributed by atoms with Crippen LogP contribution in [0.3, 0.4) is 0 Å².